The Morgan fingerprint density at radius 3 is 2.24 bits per heavy atom. The maximum atomic E-state index is 14.2. The molecule has 1 heterocycles. The van der Waals surface area contributed by atoms with Gasteiger partial charge in [-0.3, -0.25) is 4.79 Å². The summed E-state index contributed by atoms with van der Waals surface area (Å²) >= 11 is 0. The molecule has 8 heteroatoms. The normalized spacial score (nSPS) is 15.1. The van der Waals surface area contributed by atoms with Crippen molar-refractivity contribution in [2.45, 2.75) is 26.4 Å². The molecule has 2 amide bonds. The number of primary amides is 1. The third-order valence-corrected chi connectivity index (χ3v) is 3.80. The van der Waals surface area contributed by atoms with Crippen LogP contribution in [0.1, 0.15) is 31.1 Å². The molecule has 1 fully saturated rings. The molecular weight excluding hydrogens is 329 g/mol. The largest absolute Gasteiger partial charge is 0.496 e. The van der Waals surface area contributed by atoms with E-state index in [-0.39, 0.29) is 17.4 Å². The fourth-order valence-electron chi connectivity index (χ4n) is 2.62. The molecule has 2 N–H and O–H groups in total. The van der Waals surface area contributed by atoms with Crippen LogP contribution < -0.4 is 15.4 Å². The van der Waals surface area contributed by atoms with E-state index < -0.39 is 17.3 Å². The number of hydrogen-bond donors (Lipinski definition) is 1. The summed E-state index contributed by atoms with van der Waals surface area (Å²) in [6, 6.07) is 2.83. The van der Waals surface area contributed by atoms with Gasteiger partial charge in [-0.25, -0.2) is 9.18 Å². The lowest BCUT2D eigenvalue weighted by atomic mass is 10.1. The number of halogens is 1. The van der Waals surface area contributed by atoms with Crippen LogP contribution in [0.2, 0.25) is 0 Å². The van der Waals surface area contributed by atoms with E-state index in [4.69, 9.17) is 15.2 Å². The SMILES string of the molecule is COc1cc(N2CCN(C(=O)OC(C)(C)C)CC2)cc(F)c1C(N)=O. The van der Waals surface area contributed by atoms with Crippen molar-refractivity contribution < 1.29 is 23.5 Å². The van der Waals surface area contributed by atoms with Crippen LogP contribution in [0, 0.1) is 5.82 Å². The monoisotopic (exact) mass is 353 g/mol. The number of amides is 2. The molecule has 7 nitrogen and oxygen atoms in total. The van der Waals surface area contributed by atoms with Gasteiger partial charge in [0.05, 0.1) is 7.11 Å². The predicted molar refractivity (Wildman–Crippen MR) is 91.5 cm³/mol. The van der Waals surface area contributed by atoms with Crippen LogP contribution in [0.5, 0.6) is 5.75 Å². The van der Waals surface area contributed by atoms with Crippen LogP contribution in [0.3, 0.4) is 0 Å². The topological polar surface area (TPSA) is 85.1 Å². The lowest BCUT2D eigenvalue weighted by molar-refractivity contribution is 0.0240. The number of anilines is 1. The number of nitrogens with two attached hydrogens (primary N) is 1. The molecular formula is C17H24FN3O4. The van der Waals surface area contributed by atoms with Crippen molar-refractivity contribution in [1.82, 2.24) is 4.90 Å². The molecule has 0 atom stereocenters. The molecule has 0 unspecified atom stereocenters. The van der Waals surface area contributed by atoms with Gasteiger partial charge in [0.2, 0.25) is 0 Å². The standard InChI is InChI=1S/C17H24FN3O4/c1-17(2,3)25-16(23)21-7-5-20(6-8-21)11-9-12(18)14(15(19)22)13(10-11)24-4/h9-10H,5-8H2,1-4H3,(H2,19,22). The summed E-state index contributed by atoms with van der Waals surface area (Å²) in [5, 5.41) is 0. The van der Waals surface area contributed by atoms with Gasteiger partial charge >= 0.3 is 6.09 Å². The summed E-state index contributed by atoms with van der Waals surface area (Å²) < 4.78 is 24.6. The first-order valence-electron chi connectivity index (χ1n) is 8.02. The van der Waals surface area contributed by atoms with E-state index in [1.807, 2.05) is 25.7 Å². The van der Waals surface area contributed by atoms with Gasteiger partial charge < -0.3 is 25.0 Å². The maximum absolute atomic E-state index is 14.2. The Labute approximate surface area is 146 Å². The molecule has 0 bridgehead atoms. The highest BCUT2D eigenvalue weighted by atomic mass is 19.1. The van der Waals surface area contributed by atoms with E-state index in [1.165, 1.54) is 13.2 Å². The fraction of sp³-hybridized carbons (Fsp3) is 0.529. The molecule has 1 saturated heterocycles. The van der Waals surface area contributed by atoms with Crippen LogP contribution in [-0.2, 0) is 4.74 Å². The molecule has 25 heavy (non-hydrogen) atoms. The van der Waals surface area contributed by atoms with Gasteiger partial charge in [-0.15, -0.1) is 0 Å². The number of hydrogen-bond acceptors (Lipinski definition) is 5. The van der Waals surface area contributed by atoms with Gasteiger partial charge in [0.1, 0.15) is 22.7 Å². The first-order valence-corrected chi connectivity index (χ1v) is 8.02. The average Bonchev–Trinajstić information content (AvgIpc) is 2.52. The molecule has 1 aromatic rings. The Bertz CT molecular complexity index is 665. The smallest absolute Gasteiger partial charge is 0.410 e. The van der Waals surface area contributed by atoms with E-state index in [2.05, 4.69) is 0 Å². The molecule has 1 aliphatic rings. The molecule has 1 aliphatic heterocycles. The quantitative estimate of drug-likeness (QED) is 0.898. The van der Waals surface area contributed by atoms with E-state index in [0.29, 0.717) is 31.9 Å². The molecule has 0 radical (unpaired) electrons. The second-order valence-electron chi connectivity index (χ2n) is 6.82. The number of nitrogens with zero attached hydrogens (tertiary/aromatic N) is 2. The average molecular weight is 353 g/mol. The van der Waals surface area contributed by atoms with Crippen molar-refractivity contribution in [3.05, 3.63) is 23.5 Å². The second kappa shape index (κ2) is 7.16. The summed E-state index contributed by atoms with van der Waals surface area (Å²) in [6.07, 6.45) is -0.361. The fourth-order valence-corrected chi connectivity index (χ4v) is 2.62. The predicted octanol–water partition coefficient (Wildman–Crippen LogP) is 1.99. The highest BCUT2D eigenvalue weighted by Crippen LogP contribution is 2.29. The number of piperazine rings is 1. The van der Waals surface area contributed by atoms with Gasteiger partial charge in [-0.2, -0.15) is 0 Å². The highest BCUT2D eigenvalue weighted by molar-refractivity contribution is 5.96. The zero-order valence-corrected chi connectivity index (χ0v) is 15.0. The number of benzene rings is 1. The Hall–Kier alpha value is -2.51. The van der Waals surface area contributed by atoms with Crippen LogP contribution >= 0.6 is 0 Å². The Morgan fingerprint density at radius 2 is 1.76 bits per heavy atom. The van der Waals surface area contributed by atoms with Crippen molar-refractivity contribution in [1.29, 1.82) is 0 Å². The number of rotatable bonds is 3. The Kier molecular flexibility index (Phi) is 5.39. The van der Waals surface area contributed by atoms with Crippen molar-refractivity contribution in [2.75, 3.05) is 38.2 Å². The van der Waals surface area contributed by atoms with Gasteiger partial charge in [-0.05, 0) is 26.8 Å². The van der Waals surface area contributed by atoms with Crippen molar-refractivity contribution in [2.24, 2.45) is 5.73 Å². The number of carbonyl (C=O) groups is 2. The van der Waals surface area contributed by atoms with Gasteiger partial charge in [0, 0.05) is 37.9 Å². The Balaban J connectivity index is 2.09. The van der Waals surface area contributed by atoms with E-state index in [9.17, 15) is 14.0 Å². The highest BCUT2D eigenvalue weighted by Gasteiger charge is 2.27. The summed E-state index contributed by atoms with van der Waals surface area (Å²) in [7, 11) is 1.35. The first kappa shape index (κ1) is 18.8. The van der Waals surface area contributed by atoms with E-state index in [1.54, 1.807) is 11.0 Å². The van der Waals surface area contributed by atoms with Crippen LogP contribution in [0.15, 0.2) is 12.1 Å². The molecule has 0 spiro atoms. The molecule has 0 aliphatic carbocycles. The lowest BCUT2D eigenvalue weighted by Crippen LogP contribution is -2.50. The second-order valence-corrected chi connectivity index (χ2v) is 6.82. The van der Waals surface area contributed by atoms with Crippen LogP contribution in [0.4, 0.5) is 14.9 Å². The molecule has 1 aromatic carbocycles. The summed E-state index contributed by atoms with van der Waals surface area (Å²) in [6.45, 7) is 7.38. The number of methoxy groups -OCH3 is 1. The zero-order chi connectivity index (χ0) is 18.8. The third-order valence-electron chi connectivity index (χ3n) is 3.80. The van der Waals surface area contributed by atoms with Crippen molar-refractivity contribution in [3.63, 3.8) is 0 Å². The van der Waals surface area contributed by atoms with Crippen molar-refractivity contribution in [3.8, 4) is 5.75 Å². The first-order chi connectivity index (χ1) is 11.6. The van der Waals surface area contributed by atoms with E-state index >= 15 is 0 Å². The summed E-state index contributed by atoms with van der Waals surface area (Å²) in [5.41, 5.74) is 4.95. The molecule has 0 aromatic heterocycles. The lowest BCUT2D eigenvalue weighted by Gasteiger charge is -2.37. The summed E-state index contributed by atoms with van der Waals surface area (Å²) in [5.74, 6) is -1.51. The van der Waals surface area contributed by atoms with Crippen LogP contribution in [0.25, 0.3) is 0 Å². The van der Waals surface area contributed by atoms with Crippen LogP contribution in [-0.4, -0.2) is 55.8 Å². The maximum Gasteiger partial charge on any atom is 0.410 e. The molecule has 0 saturated carbocycles. The number of carbonyl (C=O) groups excluding carboxylic acids is 2. The van der Waals surface area contributed by atoms with Crippen molar-refractivity contribution >= 4 is 17.7 Å². The molecule has 2 rings (SSSR count). The zero-order valence-electron chi connectivity index (χ0n) is 15.0. The van der Waals surface area contributed by atoms with Gasteiger partial charge in [0.15, 0.2) is 0 Å². The van der Waals surface area contributed by atoms with E-state index in [0.717, 1.165) is 0 Å². The number of ether oxygens (including phenoxy) is 2. The molecule has 138 valence electrons. The third kappa shape index (κ3) is 4.52. The van der Waals surface area contributed by atoms with Gasteiger partial charge in [-0.1, -0.05) is 0 Å². The minimum atomic E-state index is -0.879. The Morgan fingerprint density at radius 1 is 1.16 bits per heavy atom. The minimum absolute atomic E-state index is 0.0945. The minimum Gasteiger partial charge on any atom is -0.496 e. The summed E-state index contributed by atoms with van der Waals surface area (Å²) in [4.78, 5) is 27.0. The van der Waals surface area contributed by atoms with Gasteiger partial charge in [0.25, 0.3) is 5.91 Å².